The summed E-state index contributed by atoms with van der Waals surface area (Å²) in [6.07, 6.45) is -0.220. The number of rotatable bonds is 9. The lowest BCUT2D eigenvalue weighted by molar-refractivity contribution is -0.118. The van der Waals surface area contributed by atoms with Crippen molar-refractivity contribution in [2.24, 2.45) is 0 Å². The van der Waals surface area contributed by atoms with E-state index >= 15 is 0 Å². The fourth-order valence-electron chi connectivity index (χ4n) is 3.84. The van der Waals surface area contributed by atoms with Gasteiger partial charge in [0.15, 0.2) is 10.7 Å². The number of nitrogens with one attached hydrogen (secondary N) is 2. The van der Waals surface area contributed by atoms with Crippen LogP contribution in [0.3, 0.4) is 0 Å². The van der Waals surface area contributed by atoms with Gasteiger partial charge in [0, 0.05) is 11.3 Å². The van der Waals surface area contributed by atoms with Gasteiger partial charge in [0.05, 0.1) is 12.0 Å². The molecule has 2 aromatic carbocycles. The van der Waals surface area contributed by atoms with E-state index in [1.165, 1.54) is 44.2 Å². The second-order valence-corrected chi connectivity index (χ2v) is 10.1. The molecule has 2 aromatic heterocycles. The molecular weight excluding hydrogens is 536 g/mol. The number of amides is 2. The Kier molecular flexibility index (Phi) is 7.81. The Morgan fingerprint density at radius 2 is 1.67 bits per heavy atom. The number of carbonyl (C=O) groups excluding carboxylic acids is 2. The van der Waals surface area contributed by atoms with E-state index in [4.69, 9.17) is 8.94 Å². The molecule has 0 saturated carbocycles. The van der Waals surface area contributed by atoms with E-state index in [0.717, 1.165) is 0 Å². The lowest BCUT2D eigenvalue weighted by Gasteiger charge is -2.08. The quantitative estimate of drug-likeness (QED) is 0.299. The van der Waals surface area contributed by atoms with E-state index in [9.17, 15) is 26.8 Å². The van der Waals surface area contributed by atoms with Gasteiger partial charge in [-0.05, 0) is 68.8 Å². The SMILES string of the molecule is Cc1noc(C)c1S(=O)(=O)NC(=O)Cc1ccc(NC(=O)c2cc(-c3ccc(OC(F)F)cc3)oc2C)cc1. The predicted octanol–water partition coefficient (Wildman–Crippen LogP) is 4.76. The predicted molar refractivity (Wildman–Crippen MR) is 135 cm³/mol. The van der Waals surface area contributed by atoms with Crippen LogP contribution in [-0.4, -0.2) is 32.0 Å². The molecule has 0 saturated heterocycles. The van der Waals surface area contributed by atoms with Gasteiger partial charge in [-0.25, -0.2) is 13.1 Å². The largest absolute Gasteiger partial charge is 0.461 e. The molecule has 4 aromatic rings. The molecule has 2 heterocycles. The third kappa shape index (κ3) is 6.49. The number of hydrogen-bond donors (Lipinski definition) is 2. The first-order valence-corrected chi connectivity index (χ1v) is 13.0. The molecule has 0 unspecified atom stereocenters. The number of alkyl halides is 2. The van der Waals surface area contributed by atoms with Crippen molar-refractivity contribution in [1.29, 1.82) is 0 Å². The van der Waals surface area contributed by atoms with Gasteiger partial charge in [0.25, 0.3) is 15.9 Å². The first kappa shape index (κ1) is 27.5. The number of aromatic nitrogens is 1. The minimum absolute atomic E-state index is 0.00185. The number of aryl methyl sites for hydroxylation is 3. The van der Waals surface area contributed by atoms with Gasteiger partial charge in [-0.2, -0.15) is 8.78 Å². The molecule has 39 heavy (non-hydrogen) atoms. The zero-order valence-electron chi connectivity index (χ0n) is 20.9. The van der Waals surface area contributed by atoms with Crippen LogP contribution >= 0.6 is 0 Å². The molecule has 13 heteroatoms. The molecule has 2 N–H and O–H groups in total. The van der Waals surface area contributed by atoms with Gasteiger partial charge in [-0.3, -0.25) is 9.59 Å². The van der Waals surface area contributed by atoms with E-state index in [0.29, 0.717) is 28.3 Å². The summed E-state index contributed by atoms with van der Waals surface area (Å²) in [5, 5.41) is 6.32. The summed E-state index contributed by atoms with van der Waals surface area (Å²) in [7, 11) is -4.14. The van der Waals surface area contributed by atoms with Gasteiger partial charge in [0.2, 0.25) is 5.91 Å². The molecule has 204 valence electrons. The number of hydrogen-bond acceptors (Lipinski definition) is 8. The van der Waals surface area contributed by atoms with Gasteiger partial charge >= 0.3 is 6.61 Å². The standard InChI is InChI=1S/C26H23F2N3O7S/c1-14-24(16(3)38-30-14)39(34,35)31-23(32)12-17-4-8-19(9-5-17)29-25(33)21-13-22(36-15(21)2)18-6-10-20(11-7-18)37-26(27)28/h4-11,13,26H,12H2,1-3H3,(H,29,33)(H,31,32). The average Bonchev–Trinajstić information content (AvgIpc) is 3.41. The lowest BCUT2D eigenvalue weighted by Crippen LogP contribution is -2.32. The Labute approximate surface area is 222 Å². The van der Waals surface area contributed by atoms with Crippen molar-refractivity contribution in [3.05, 3.63) is 82.9 Å². The highest BCUT2D eigenvalue weighted by molar-refractivity contribution is 7.90. The Morgan fingerprint density at radius 3 is 2.26 bits per heavy atom. The van der Waals surface area contributed by atoms with E-state index in [2.05, 4.69) is 15.2 Å². The molecule has 10 nitrogen and oxygen atoms in total. The third-order valence-electron chi connectivity index (χ3n) is 5.59. The summed E-state index contributed by atoms with van der Waals surface area (Å²) < 4.78 is 66.6. The molecule has 4 rings (SSSR count). The third-order valence-corrected chi connectivity index (χ3v) is 7.20. The summed E-state index contributed by atoms with van der Waals surface area (Å²) >= 11 is 0. The van der Waals surface area contributed by atoms with Crippen LogP contribution in [0.25, 0.3) is 11.3 Å². The normalized spacial score (nSPS) is 11.4. The van der Waals surface area contributed by atoms with E-state index in [-0.39, 0.29) is 34.1 Å². The second kappa shape index (κ2) is 11.1. The molecule has 0 radical (unpaired) electrons. The first-order valence-electron chi connectivity index (χ1n) is 11.5. The van der Waals surface area contributed by atoms with Crippen LogP contribution in [0.15, 0.2) is 68.4 Å². The molecule has 0 aliphatic carbocycles. The molecular formula is C26H23F2N3O7S. The van der Waals surface area contributed by atoms with Crippen molar-refractivity contribution in [2.45, 2.75) is 38.7 Å². The second-order valence-electron chi connectivity index (χ2n) is 8.49. The van der Waals surface area contributed by atoms with E-state index in [1.54, 1.807) is 31.2 Å². The first-order chi connectivity index (χ1) is 18.4. The topological polar surface area (TPSA) is 141 Å². The maximum atomic E-state index is 12.8. The van der Waals surface area contributed by atoms with Crippen LogP contribution in [0.4, 0.5) is 14.5 Å². The molecule has 0 aliphatic heterocycles. The van der Waals surface area contributed by atoms with Crippen molar-refractivity contribution in [2.75, 3.05) is 5.32 Å². The molecule has 0 fully saturated rings. The van der Waals surface area contributed by atoms with Crippen LogP contribution in [0.2, 0.25) is 0 Å². The van der Waals surface area contributed by atoms with Crippen LogP contribution in [-0.2, 0) is 21.2 Å². The maximum absolute atomic E-state index is 12.8. The van der Waals surface area contributed by atoms with Crippen molar-refractivity contribution >= 4 is 27.5 Å². The van der Waals surface area contributed by atoms with Crippen molar-refractivity contribution in [3.63, 3.8) is 0 Å². The average molecular weight is 560 g/mol. The Balaban J connectivity index is 1.38. The summed E-state index contributed by atoms with van der Waals surface area (Å²) in [5.74, 6) is -0.404. The fraction of sp³-hybridized carbons (Fsp3) is 0.192. The highest BCUT2D eigenvalue weighted by atomic mass is 32.2. The number of sulfonamides is 1. The number of furan rings is 1. The maximum Gasteiger partial charge on any atom is 0.387 e. The van der Waals surface area contributed by atoms with Gasteiger partial charge < -0.3 is 19.0 Å². The monoisotopic (exact) mass is 559 g/mol. The lowest BCUT2D eigenvalue weighted by atomic mass is 10.1. The molecule has 0 spiro atoms. The number of carbonyl (C=O) groups is 2. The van der Waals surface area contributed by atoms with Crippen LogP contribution in [0.1, 0.15) is 33.1 Å². The van der Waals surface area contributed by atoms with Gasteiger partial charge in [-0.1, -0.05) is 17.3 Å². The summed E-state index contributed by atoms with van der Waals surface area (Å²) in [6, 6.07) is 13.6. The summed E-state index contributed by atoms with van der Waals surface area (Å²) in [5.41, 5.74) is 1.93. The van der Waals surface area contributed by atoms with Gasteiger partial charge in [0.1, 0.15) is 23.0 Å². The number of ether oxygens (including phenoxy) is 1. The van der Waals surface area contributed by atoms with Gasteiger partial charge in [-0.15, -0.1) is 0 Å². The number of benzene rings is 2. The van der Waals surface area contributed by atoms with E-state index < -0.39 is 28.4 Å². The van der Waals surface area contributed by atoms with Crippen molar-refractivity contribution in [1.82, 2.24) is 9.88 Å². The number of nitrogens with zero attached hydrogens (tertiary/aromatic N) is 1. The Morgan fingerprint density at radius 1 is 1.00 bits per heavy atom. The van der Waals surface area contributed by atoms with Crippen LogP contribution in [0, 0.1) is 20.8 Å². The van der Waals surface area contributed by atoms with Crippen LogP contribution in [0.5, 0.6) is 5.75 Å². The highest BCUT2D eigenvalue weighted by Crippen LogP contribution is 2.28. The highest BCUT2D eigenvalue weighted by Gasteiger charge is 2.26. The minimum atomic E-state index is -4.14. The zero-order chi connectivity index (χ0) is 28.3. The molecule has 0 bridgehead atoms. The summed E-state index contributed by atoms with van der Waals surface area (Å²) in [4.78, 5) is 25.0. The zero-order valence-corrected chi connectivity index (χ0v) is 21.8. The summed E-state index contributed by atoms with van der Waals surface area (Å²) in [6.45, 7) is 1.58. The fourth-order valence-corrected chi connectivity index (χ4v) is 5.15. The Bertz CT molecular complexity index is 1590. The van der Waals surface area contributed by atoms with Crippen molar-refractivity contribution in [3.8, 4) is 17.1 Å². The number of anilines is 1. The number of halogens is 2. The smallest absolute Gasteiger partial charge is 0.387 e. The Hall–Kier alpha value is -4.52. The molecule has 0 aliphatic rings. The molecule has 0 atom stereocenters. The van der Waals surface area contributed by atoms with Crippen LogP contribution < -0.4 is 14.8 Å². The van der Waals surface area contributed by atoms with Crippen molar-refractivity contribution < 1.29 is 40.5 Å². The van der Waals surface area contributed by atoms with E-state index in [1.807, 2.05) is 4.72 Å². The minimum Gasteiger partial charge on any atom is -0.461 e. The molecule has 2 amide bonds.